The van der Waals surface area contributed by atoms with E-state index in [1.54, 1.807) is 12.1 Å². The van der Waals surface area contributed by atoms with Crippen molar-refractivity contribution in [3.05, 3.63) is 64.0 Å². The summed E-state index contributed by atoms with van der Waals surface area (Å²) >= 11 is 0. The van der Waals surface area contributed by atoms with Crippen LogP contribution in [0.1, 0.15) is 17.3 Å². The van der Waals surface area contributed by atoms with Crippen LogP contribution in [-0.4, -0.2) is 54.2 Å². The molecule has 0 aromatic heterocycles. The number of amides is 1. The lowest BCUT2D eigenvalue weighted by molar-refractivity contribution is -0.384. The Morgan fingerprint density at radius 2 is 1.76 bits per heavy atom. The molecule has 0 atom stereocenters. The quantitative estimate of drug-likeness (QED) is 0.455. The molecule has 0 spiro atoms. The van der Waals surface area contributed by atoms with Crippen molar-refractivity contribution in [2.24, 2.45) is 0 Å². The largest absolute Gasteiger partial charge is 0.363 e. The lowest BCUT2D eigenvalue weighted by atomic mass is 10.1. The lowest BCUT2D eigenvalue weighted by Crippen LogP contribution is -2.48. The Bertz CT molecular complexity index is 925. The van der Waals surface area contributed by atoms with Gasteiger partial charge < -0.3 is 10.2 Å². The van der Waals surface area contributed by atoms with Crippen LogP contribution in [0.5, 0.6) is 0 Å². The molecule has 1 fully saturated rings. The number of carbonyl (C=O) groups is 2. The summed E-state index contributed by atoms with van der Waals surface area (Å²) in [5.74, 6) is -0.803. The number of nitrogens with zero attached hydrogens (tertiary/aromatic N) is 3. The van der Waals surface area contributed by atoms with E-state index in [4.69, 9.17) is 0 Å². The SMILES string of the molecule is CC(=O)c1ccc(N2CCN(CC(=O)Nc3ccc(F)cc3)CC2)c([N+](=O)[O-])c1. The summed E-state index contributed by atoms with van der Waals surface area (Å²) in [5.41, 5.74) is 1.20. The summed E-state index contributed by atoms with van der Waals surface area (Å²) < 4.78 is 12.9. The first kappa shape index (κ1) is 20.4. The smallest absolute Gasteiger partial charge is 0.293 e. The molecule has 0 saturated carbocycles. The third-order valence-electron chi connectivity index (χ3n) is 4.79. The van der Waals surface area contributed by atoms with Gasteiger partial charge in [0.1, 0.15) is 11.5 Å². The zero-order valence-electron chi connectivity index (χ0n) is 15.9. The van der Waals surface area contributed by atoms with Crippen LogP contribution >= 0.6 is 0 Å². The molecule has 1 aliphatic rings. The van der Waals surface area contributed by atoms with Crippen LogP contribution in [0.2, 0.25) is 0 Å². The first-order valence-electron chi connectivity index (χ1n) is 9.15. The highest BCUT2D eigenvalue weighted by atomic mass is 19.1. The summed E-state index contributed by atoms with van der Waals surface area (Å²) in [6.07, 6.45) is 0. The average Bonchev–Trinajstić information content (AvgIpc) is 2.69. The van der Waals surface area contributed by atoms with E-state index >= 15 is 0 Å². The Labute approximate surface area is 167 Å². The van der Waals surface area contributed by atoms with Gasteiger partial charge in [-0.3, -0.25) is 24.6 Å². The number of rotatable bonds is 6. The molecule has 29 heavy (non-hydrogen) atoms. The summed E-state index contributed by atoms with van der Waals surface area (Å²) in [7, 11) is 0. The molecule has 1 amide bonds. The van der Waals surface area contributed by atoms with Crippen LogP contribution in [0.15, 0.2) is 42.5 Å². The van der Waals surface area contributed by atoms with Crippen molar-refractivity contribution < 1.29 is 18.9 Å². The van der Waals surface area contributed by atoms with Crippen molar-refractivity contribution in [3.8, 4) is 0 Å². The van der Waals surface area contributed by atoms with Crippen molar-refractivity contribution in [2.45, 2.75) is 6.92 Å². The number of nitro groups is 1. The second kappa shape index (κ2) is 8.78. The normalized spacial score (nSPS) is 14.5. The maximum atomic E-state index is 12.9. The Morgan fingerprint density at radius 1 is 1.10 bits per heavy atom. The van der Waals surface area contributed by atoms with E-state index in [1.807, 2.05) is 9.80 Å². The lowest BCUT2D eigenvalue weighted by Gasteiger charge is -2.35. The number of Topliss-reactive ketones (excluding diaryl/α,β-unsaturated/α-hetero) is 1. The molecule has 0 aliphatic carbocycles. The topological polar surface area (TPSA) is 95.8 Å². The summed E-state index contributed by atoms with van der Waals surface area (Å²) in [6, 6.07) is 10.0. The molecule has 8 nitrogen and oxygen atoms in total. The standard InChI is InChI=1S/C20H21FN4O4/c1-14(26)15-2-7-18(19(12-15)25(28)29)24-10-8-23(9-11-24)13-20(27)22-17-5-3-16(21)4-6-17/h2-7,12H,8-11,13H2,1H3,(H,22,27). The minimum atomic E-state index is -0.482. The summed E-state index contributed by atoms with van der Waals surface area (Å²) in [5, 5.41) is 14.1. The van der Waals surface area contributed by atoms with E-state index in [-0.39, 0.29) is 29.7 Å². The maximum Gasteiger partial charge on any atom is 0.293 e. The highest BCUT2D eigenvalue weighted by Gasteiger charge is 2.25. The van der Waals surface area contributed by atoms with E-state index in [1.165, 1.54) is 37.3 Å². The molecule has 152 valence electrons. The molecule has 1 aliphatic heterocycles. The number of nitro benzene ring substituents is 1. The predicted molar refractivity (Wildman–Crippen MR) is 107 cm³/mol. The van der Waals surface area contributed by atoms with Crippen molar-refractivity contribution >= 4 is 28.8 Å². The Kier molecular flexibility index (Phi) is 6.18. The van der Waals surface area contributed by atoms with Crippen molar-refractivity contribution in [1.29, 1.82) is 0 Å². The Morgan fingerprint density at radius 3 is 2.34 bits per heavy atom. The van der Waals surface area contributed by atoms with Crippen LogP contribution in [0.3, 0.4) is 0 Å². The molecule has 9 heteroatoms. The van der Waals surface area contributed by atoms with Gasteiger partial charge in [-0.2, -0.15) is 0 Å². The van der Waals surface area contributed by atoms with Crippen LogP contribution in [0.25, 0.3) is 0 Å². The highest BCUT2D eigenvalue weighted by molar-refractivity contribution is 5.95. The zero-order valence-corrected chi connectivity index (χ0v) is 15.9. The van der Waals surface area contributed by atoms with Gasteiger partial charge in [0.25, 0.3) is 5.69 Å². The van der Waals surface area contributed by atoms with E-state index in [0.29, 0.717) is 43.1 Å². The third-order valence-corrected chi connectivity index (χ3v) is 4.79. The Balaban J connectivity index is 1.59. The number of benzene rings is 2. The van der Waals surface area contributed by atoms with Gasteiger partial charge in [-0.25, -0.2) is 4.39 Å². The first-order chi connectivity index (χ1) is 13.8. The summed E-state index contributed by atoms with van der Waals surface area (Å²) in [4.78, 5) is 38.5. The summed E-state index contributed by atoms with van der Waals surface area (Å²) in [6.45, 7) is 3.70. The van der Waals surface area contributed by atoms with E-state index < -0.39 is 4.92 Å². The second-order valence-electron chi connectivity index (χ2n) is 6.84. The molecular formula is C20H21FN4O4. The fourth-order valence-electron chi connectivity index (χ4n) is 3.24. The van der Waals surface area contributed by atoms with Crippen molar-refractivity contribution in [3.63, 3.8) is 0 Å². The molecule has 2 aromatic carbocycles. The van der Waals surface area contributed by atoms with E-state index in [2.05, 4.69) is 5.32 Å². The number of piperazine rings is 1. The number of halogens is 1. The fraction of sp³-hybridized carbons (Fsp3) is 0.300. The van der Waals surface area contributed by atoms with Gasteiger partial charge in [0.15, 0.2) is 5.78 Å². The first-order valence-corrected chi connectivity index (χ1v) is 9.15. The maximum absolute atomic E-state index is 12.9. The van der Waals surface area contributed by atoms with E-state index in [9.17, 15) is 24.1 Å². The molecule has 2 aromatic rings. The van der Waals surface area contributed by atoms with Gasteiger partial charge in [-0.1, -0.05) is 0 Å². The average molecular weight is 400 g/mol. The van der Waals surface area contributed by atoms with Crippen molar-refractivity contribution in [1.82, 2.24) is 4.90 Å². The fourth-order valence-corrected chi connectivity index (χ4v) is 3.24. The number of anilines is 2. The molecule has 1 heterocycles. The molecule has 3 rings (SSSR count). The molecular weight excluding hydrogens is 379 g/mol. The van der Waals surface area contributed by atoms with Gasteiger partial charge in [-0.15, -0.1) is 0 Å². The predicted octanol–water partition coefficient (Wildman–Crippen LogP) is 2.70. The number of hydrogen-bond acceptors (Lipinski definition) is 6. The number of nitrogens with one attached hydrogen (secondary N) is 1. The molecule has 1 N–H and O–H groups in total. The van der Waals surface area contributed by atoms with Crippen LogP contribution < -0.4 is 10.2 Å². The van der Waals surface area contributed by atoms with Gasteiger partial charge in [0, 0.05) is 43.5 Å². The molecule has 1 saturated heterocycles. The zero-order chi connectivity index (χ0) is 21.0. The van der Waals surface area contributed by atoms with Crippen LogP contribution in [0, 0.1) is 15.9 Å². The minimum Gasteiger partial charge on any atom is -0.363 e. The number of hydrogen-bond donors (Lipinski definition) is 1. The van der Waals surface area contributed by atoms with Gasteiger partial charge >= 0.3 is 0 Å². The van der Waals surface area contributed by atoms with Crippen molar-refractivity contribution in [2.75, 3.05) is 42.9 Å². The minimum absolute atomic E-state index is 0.0970. The second-order valence-corrected chi connectivity index (χ2v) is 6.84. The van der Waals surface area contributed by atoms with Gasteiger partial charge in [0.2, 0.25) is 5.91 Å². The van der Waals surface area contributed by atoms with Gasteiger partial charge in [-0.05, 0) is 43.3 Å². The molecule has 0 radical (unpaired) electrons. The van der Waals surface area contributed by atoms with Crippen LogP contribution in [-0.2, 0) is 4.79 Å². The monoisotopic (exact) mass is 400 g/mol. The highest BCUT2D eigenvalue weighted by Crippen LogP contribution is 2.30. The number of carbonyl (C=O) groups excluding carboxylic acids is 2. The Hall–Kier alpha value is -3.33. The van der Waals surface area contributed by atoms with E-state index in [0.717, 1.165) is 0 Å². The third kappa shape index (κ3) is 5.14. The molecule has 0 unspecified atom stereocenters. The molecule has 0 bridgehead atoms. The number of ketones is 1. The van der Waals surface area contributed by atoms with Gasteiger partial charge in [0.05, 0.1) is 11.5 Å². The van der Waals surface area contributed by atoms with Crippen LogP contribution in [0.4, 0.5) is 21.5 Å².